The van der Waals surface area contributed by atoms with Crippen molar-refractivity contribution in [3.8, 4) is 0 Å². The summed E-state index contributed by atoms with van der Waals surface area (Å²) in [5, 5.41) is 6.72. The van der Waals surface area contributed by atoms with Crippen molar-refractivity contribution in [3.05, 3.63) is 70.0 Å². The van der Waals surface area contributed by atoms with Crippen LogP contribution in [0.25, 0.3) is 0 Å². The molecule has 1 heterocycles. The minimum Gasteiger partial charge on any atom is -0.331 e. The molecule has 6 heteroatoms. The Labute approximate surface area is 156 Å². The van der Waals surface area contributed by atoms with Crippen LogP contribution in [0.2, 0.25) is 0 Å². The first kappa shape index (κ1) is 18.1. The van der Waals surface area contributed by atoms with E-state index in [1.165, 1.54) is 23.0 Å². The highest BCUT2D eigenvalue weighted by Crippen LogP contribution is 2.28. The predicted molar refractivity (Wildman–Crippen MR) is 105 cm³/mol. The minimum absolute atomic E-state index is 0.287. The van der Waals surface area contributed by atoms with Crippen LogP contribution in [0.5, 0.6) is 0 Å². The van der Waals surface area contributed by atoms with Crippen molar-refractivity contribution in [2.75, 3.05) is 10.6 Å². The molecule has 2 N–H and O–H groups in total. The number of aromatic nitrogens is 1. The summed E-state index contributed by atoms with van der Waals surface area (Å²) < 4.78 is 13.7. The fraction of sp³-hybridized carbons (Fsp3) is 0.200. The number of hydrogen-bond donors (Lipinski definition) is 2. The number of para-hydroxylation sites is 1. The molecule has 0 fully saturated rings. The molecule has 0 saturated heterocycles. The fourth-order valence-electron chi connectivity index (χ4n) is 2.65. The molecule has 3 rings (SSSR count). The number of halogens is 1. The molecule has 0 atom stereocenters. The average molecular weight is 369 g/mol. The van der Waals surface area contributed by atoms with E-state index in [9.17, 15) is 9.18 Å². The molecule has 0 aliphatic carbocycles. The number of nitrogens with one attached hydrogen (secondary N) is 2. The minimum atomic E-state index is -0.345. The lowest BCUT2D eigenvalue weighted by Gasteiger charge is -2.08. The summed E-state index contributed by atoms with van der Waals surface area (Å²) in [5.74, 6) is -0.632. The van der Waals surface area contributed by atoms with Crippen molar-refractivity contribution in [2.24, 2.45) is 0 Å². The number of carbonyl (C=O) groups excluding carboxylic acids is 1. The lowest BCUT2D eigenvalue weighted by molar-refractivity contribution is 0.102. The Hall–Kier alpha value is -2.73. The Morgan fingerprint density at radius 3 is 2.62 bits per heavy atom. The molecule has 0 unspecified atom stereocenters. The summed E-state index contributed by atoms with van der Waals surface area (Å²) in [6, 6.07) is 12.6. The Morgan fingerprint density at radius 2 is 1.85 bits per heavy atom. The van der Waals surface area contributed by atoms with Crippen LogP contribution in [0.15, 0.2) is 42.5 Å². The third-order valence-corrected chi connectivity index (χ3v) is 5.23. The van der Waals surface area contributed by atoms with E-state index in [1.807, 2.05) is 18.2 Å². The zero-order valence-electron chi connectivity index (χ0n) is 14.9. The van der Waals surface area contributed by atoms with Crippen LogP contribution in [0, 0.1) is 19.7 Å². The summed E-state index contributed by atoms with van der Waals surface area (Å²) in [5.41, 5.74) is 3.68. The molecule has 0 radical (unpaired) electrons. The monoisotopic (exact) mass is 369 g/mol. The molecule has 3 aromatic rings. The van der Waals surface area contributed by atoms with Gasteiger partial charge in [0.15, 0.2) is 5.13 Å². The quantitative estimate of drug-likeness (QED) is 0.628. The standard InChI is InChI=1S/C20H20FN3OS/c1-4-14-8-5-6-10-17(14)24-20-22-13(3)18(26-20)19(25)23-16-11-7-9-15(21)12(16)2/h5-11H,4H2,1-3H3,(H,22,24)(H,23,25). The van der Waals surface area contributed by atoms with Crippen molar-refractivity contribution in [2.45, 2.75) is 27.2 Å². The summed E-state index contributed by atoms with van der Waals surface area (Å²) in [4.78, 5) is 17.6. The Bertz CT molecular complexity index is 952. The second-order valence-electron chi connectivity index (χ2n) is 5.94. The van der Waals surface area contributed by atoms with Crippen molar-refractivity contribution >= 4 is 33.8 Å². The first-order valence-electron chi connectivity index (χ1n) is 8.38. The Kier molecular flexibility index (Phi) is 5.32. The van der Waals surface area contributed by atoms with Crippen LogP contribution in [0.4, 0.5) is 20.9 Å². The van der Waals surface area contributed by atoms with Gasteiger partial charge in [0.05, 0.1) is 5.69 Å². The Morgan fingerprint density at radius 1 is 1.12 bits per heavy atom. The van der Waals surface area contributed by atoms with Crippen LogP contribution in [-0.4, -0.2) is 10.9 Å². The molecule has 134 valence electrons. The third-order valence-electron chi connectivity index (χ3n) is 4.16. The van der Waals surface area contributed by atoms with Gasteiger partial charge in [-0.1, -0.05) is 42.5 Å². The van der Waals surface area contributed by atoms with Gasteiger partial charge in [-0.15, -0.1) is 0 Å². The number of carbonyl (C=O) groups is 1. The van der Waals surface area contributed by atoms with E-state index in [0.717, 1.165) is 12.1 Å². The average Bonchev–Trinajstić information content (AvgIpc) is 3.00. The smallest absolute Gasteiger partial charge is 0.267 e. The molecule has 0 saturated carbocycles. The maximum atomic E-state index is 13.7. The molecule has 4 nitrogen and oxygen atoms in total. The van der Waals surface area contributed by atoms with E-state index in [2.05, 4.69) is 28.6 Å². The van der Waals surface area contributed by atoms with E-state index in [0.29, 0.717) is 27.0 Å². The highest BCUT2D eigenvalue weighted by Gasteiger charge is 2.17. The molecule has 0 bridgehead atoms. The van der Waals surface area contributed by atoms with Gasteiger partial charge in [0.2, 0.25) is 0 Å². The first-order chi connectivity index (χ1) is 12.5. The van der Waals surface area contributed by atoms with E-state index in [1.54, 1.807) is 26.0 Å². The summed E-state index contributed by atoms with van der Waals surface area (Å²) >= 11 is 1.28. The van der Waals surface area contributed by atoms with E-state index < -0.39 is 0 Å². The number of nitrogens with zero attached hydrogens (tertiary/aromatic N) is 1. The lowest BCUT2D eigenvalue weighted by atomic mass is 10.1. The van der Waals surface area contributed by atoms with Crippen LogP contribution in [0.1, 0.15) is 33.4 Å². The Balaban J connectivity index is 1.81. The van der Waals surface area contributed by atoms with Gasteiger partial charge >= 0.3 is 0 Å². The van der Waals surface area contributed by atoms with Gasteiger partial charge in [0.25, 0.3) is 5.91 Å². The zero-order valence-corrected chi connectivity index (χ0v) is 15.7. The highest BCUT2D eigenvalue weighted by molar-refractivity contribution is 7.17. The fourth-order valence-corrected chi connectivity index (χ4v) is 3.52. The molecule has 2 aromatic carbocycles. The van der Waals surface area contributed by atoms with Gasteiger partial charge in [0, 0.05) is 16.9 Å². The second-order valence-corrected chi connectivity index (χ2v) is 6.93. The van der Waals surface area contributed by atoms with Gasteiger partial charge in [-0.2, -0.15) is 0 Å². The van der Waals surface area contributed by atoms with Gasteiger partial charge in [-0.05, 0) is 44.0 Å². The molecule has 26 heavy (non-hydrogen) atoms. The van der Waals surface area contributed by atoms with Crippen molar-refractivity contribution < 1.29 is 9.18 Å². The third kappa shape index (κ3) is 3.75. The van der Waals surface area contributed by atoms with Gasteiger partial charge in [-0.3, -0.25) is 4.79 Å². The van der Waals surface area contributed by atoms with E-state index in [-0.39, 0.29) is 11.7 Å². The van der Waals surface area contributed by atoms with Crippen LogP contribution in [0.3, 0.4) is 0 Å². The summed E-state index contributed by atoms with van der Waals surface area (Å²) in [6.07, 6.45) is 0.903. The number of rotatable bonds is 5. The molecule has 0 aliphatic heterocycles. The molecule has 1 aromatic heterocycles. The molecular weight excluding hydrogens is 349 g/mol. The molecule has 1 amide bonds. The number of anilines is 3. The number of hydrogen-bond acceptors (Lipinski definition) is 4. The number of amides is 1. The van der Waals surface area contributed by atoms with Gasteiger partial charge in [0.1, 0.15) is 10.7 Å². The lowest BCUT2D eigenvalue weighted by Crippen LogP contribution is -2.12. The normalized spacial score (nSPS) is 10.6. The van der Waals surface area contributed by atoms with Crippen molar-refractivity contribution in [1.29, 1.82) is 0 Å². The summed E-state index contributed by atoms with van der Waals surface area (Å²) in [6.45, 7) is 5.52. The van der Waals surface area contributed by atoms with Crippen LogP contribution < -0.4 is 10.6 Å². The SMILES string of the molecule is CCc1ccccc1Nc1nc(C)c(C(=O)Nc2cccc(F)c2C)s1. The molecular formula is C20H20FN3OS. The zero-order chi connectivity index (χ0) is 18.7. The molecule has 0 spiro atoms. The maximum Gasteiger partial charge on any atom is 0.267 e. The van der Waals surface area contributed by atoms with Gasteiger partial charge in [-0.25, -0.2) is 9.37 Å². The number of benzene rings is 2. The van der Waals surface area contributed by atoms with Gasteiger partial charge < -0.3 is 10.6 Å². The van der Waals surface area contributed by atoms with Crippen LogP contribution >= 0.6 is 11.3 Å². The van der Waals surface area contributed by atoms with Crippen molar-refractivity contribution in [3.63, 3.8) is 0 Å². The second kappa shape index (κ2) is 7.66. The summed E-state index contributed by atoms with van der Waals surface area (Å²) in [7, 11) is 0. The molecule has 0 aliphatic rings. The van der Waals surface area contributed by atoms with E-state index >= 15 is 0 Å². The predicted octanol–water partition coefficient (Wildman–Crippen LogP) is 5.46. The largest absolute Gasteiger partial charge is 0.331 e. The number of thiazole rings is 1. The van der Waals surface area contributed by atoms with E-state index in [4.69, 9.17) is 0 Å². The van der Waals surface area contributed by atoms with Crippen LogP contribution in [-0.2, 0) is 6.42 Å². The maximum absolute atomic E-state index is 13.7. The topological polar surface area (TPSA) is 54.0 Å². The van der Waals surface area contributed by atoms with Crippen molar-refractivity contribution in [1.82, 2.24) is 4.98 Å². The first-order valence-corrected chi connectivity index (χ1v) is 9.20. The highest BCUT2D eigenvalue weighted by atomic mass is 32.1. The number of aryl methyl sites for hydroxylation is 2.